The largest absolute Gasteiger partial charge is 0.474 e. The van der Waals surface area contributed by atoms with E-state index in [2.05, 4.69) is 4.98 Å². The van der Waals surface area contributed by atoms with Crippen molar-refractivity contribution >= 4 is 29.1 Å². The molecule has 1 saturated heterocycles. The number of carbonyl (C=O) groups excluding carboxylic acids is 3. The van der Waals surface area contributed by atoms with Gasteiger partial charge in [-0.2, -0.15) is 26.3 Å². The van der Waals surface area contributed by atoms with E-state index in [9.17, 15) is 45.4 Å². The highest BCUT2D eigenvalue weighted by molar-refractivity contribution is 7.10. The number of piperidine rings is 1. The first-order valence-corrected chi connectivity index (χ1v) is 17.4. The SMILES string of the molecule is CCC[C@H]1N(C(=O)c2ncccc2C(F)(F)F)CCC[C@]1(Oc1csc(C(F)(F)F)c1)C(=O)N1Cc2ccc(F)cc2C[C@H]1CN(C)C(=O)[C@@H](C)O. The highest BCUT2D eigenvalue weighted by Gasteiger charge is 2.57. The molecule has 3 amide bonds. The summed E-state index contributed by atoms with van der Waals surface area (Å²) in [6, 6.07) is 4.29. The molecule has 52 heavy (non-hydrogen) atoms. The number of likely N-dealkylation sites (tertiary alicyclic amines) is 1. The fraction of sp³-hybridized carbons (Fsp3) is 0.486. The molecule has 3 aromatic rings. The lowest BCUT2D eigenvalue weighted by molar-refractivity contribution is -0.164. The van der Waals surface area contributed by atoms with E-state index in [0.717, 1.165) is 28.6 Å². The number of rotatable bonds is 9. The third kappa shape index (κ3) is 7.89. The van der Waals surface area contributed by atoms with Gasteiger partial charge in [0.05, 0.1) is 17.6 Å². The topological polar surface area (TPSA) is 103 Å². The Balaban J connectivity index is 1.65. The first kappa shape index (κ1) is 39.0. The van der Waals surface area contributed by atoms with Gasteiger partial charge >= 0.3 is 12.4 Å². The third-order valence-electron chi connectivity index (χ3n) is 9.40. The van der Waals surface area contributed by atoms with Crippen LogP contribution in [0.25, 0.3) is 0 Å². The maximum atomic E-state index is 15.3. The monoisotopic (exact) mass is 758 g/mol. The number of fused-ring (bicyclic) bond motifs is 1. The zero-order chi connectivity index (χ0) is 38.2. The Labute approximate surface area is 299 Å². The molecule has 0 bridgehead atoms. The minimum absolute atomic E-state index is 0.00263. The van der Waals surface area contributed by atoms with E-state index in [1.165, 1.54) is 42.0 Å². The molecule has 2 aliphatic rings. The molecule has 17 heteroatoms. The normalized spacial score (nSPS) is 21.4. The maximum Gasteiger partial charge on any atom is 0.425 e. The highest BCUT2D eigenvalue weighted by Crippen LogP contribution is 2.43. The average molecular weight is 759 g/mol. The Morgan fingerprint density at radius 1 is 1.10 bits per heavy atom. The smallest absolute Gasteiger partial charge is 0.425 e. The van der Waals surface area contributed by atoms with Gasteiger partial charge in [-0.05, 0) is 61.6 Å². The fourth-order valence-corrected chi connectivity index (χ4v) is 7.74. The Kier molecular flexibility index (Phi) is 11.2. The number of nitrogens with zero attached hydrogens (tertiary/aromatic N) is 4. The lowest BCUT2D eigenvalue weighted by Gasteiger charge is -2.51. The number of thiophene rings is 1. The summed E-state index contributed by atoms with van der Waals surface area (Å²) in [6.07, 6.45) is -9.84. The zero-order valence-electron chi connectivity index (χ0n) is 28.4. The van der Waals surface area contributed by atoms with Crippen molar-refractivity contribution in [3.8, 4) is 5.75 Å². The van der Waals surface area contributed by atoms with Gasteiger partial charge in [0.2, 0.25) is 5.60 Å². The van der Waals surface area contributed by atoms with Crippen LogP contribution in [0.5, 0.6) is 5.75 Å². The van der Waals surface area contributed by atoms with Gasteiger partial charge in [0, 0.05) is 50.7 Å². The van der Waals surface area contributed by atoms with Crippen molar-refractivity contribution in [3.05, 3.63) is 81.1 Å². The number of amides is 3. The first-order chi connectivity index (χ1) is 24.4. The van der Waals surface area contributed by atoms with Crippen molar-refractivity contribution in [2.24, 2.45) is 0 Å². The van der Waals surface area contributed by atoms with Gasteiger partial charge in [0.1, 0.15) is 28.2 Å². The molecule has 1 fully saturated rings. The van der Waals surface area contributed by atoms with Crippen molar-refractivity contribution < 1.29 is 55.0 Å². The van der Waals surface area contributed by atoms with E-state index in [4.69, 9.17) is 4.74 Å². The van der Waals surface area contributed by atoms with Gasteiger partial charge in [-0.25, -0.2) is 4.39 Å². The molecular weight excluding hydrogens is 721 g/mol. The van der Waals surface area contributed by atoms with Crippen molar-refractivity contribution in [3.63, 3.8) is 0 Å². The number of aliphatic hydroxyl groups is 1. The molecule has 9 nitrogen and oxygen atoms in total. The van der Waals surface area contributed by atoms with Crippen molar-refractivity contribution in [2.45, 2.75) is 88.6 Å². The molecule has 2 aromatic heterocycles. The number of aliphatic hydroxyl groups excluding tert-OH is 1. The van der Waals surface area contributed by atoms with Gasteiger partial charge in [-0.1, -0.05) is 19.4 Å². The van der Waals surface area contributed by atoms with Gasteiger partial charge in [-0.3, -0.25) is 19.4 Å². The van der Waals surface area contributed by atoms with Gasteiger partial charge in [0.15, 0.2) is 0 Å². The van der Waals surface area contributed by atoms with Crippen molar-refractivity contribution in [1.82, 2.24) is 19.7 Å². The summed E-state index contributed by atoms with van der Waals surface area (Å²) in [7, 11) is 1.40. The van der Waals surface area contributed by atoms with Gasteiger partial charge < -0.3 is 24.5 Å². The average Bonchev–Trinajstić information content (AvgIpc) is 3.56. The highest BCUT2D eigenvalue weighted by atomic mass is 32.1. The Morgan fingerprint density at radius 3 is 2.46 bits per heavy atom. The van der Waals surface area contributed by atoms with Crippen LogP contribution in [0.15, 0.2) is 48.0 Å². The predicted octanol–water partition coefficient (Wildman–Crippen LogP) is 6.34. The Hall–Kier alpha value is -4.25. The molecule has 5 rings (SSSR count). The van der Waals surface area contributed by atoms with Crippen LogP contribution >= 0.6 is 11.3 Å². The number of hydrogen-bond donors (Lipinski definition) is 1. The van der Waals surface area contributed by atoms with Crippen LogP contribution in [0.3, 0.4) is 0 Å². The summed E-state index contributed by atoms with van der Waals surface area (Å²) in [5.41, 5.74) is -3.24. The van der Waals surface area contributed by atoms with Crippen LogP contribution < -0.4 is 4.74 Å². The van der Waals surface area contributed by atoms with Crippen LogP contribution in [0.2, 0.25) is 0 Å². The van der Waals surface area contributed by atoms with E-state index in [1.54, 1.807) is 6.92 Å². The minimum Gasteiger partial charge on any atom is -0.474 e. The van der Waals surface area contributed by atoms with Crippen molar-refractivity contribution in [2.75, 3.05) is 20.1 Å². The van der Waals surface area contributed by atoms with Crippen LogP contribution in [0.4, 0.5) is 30.7 Å². The molecule has 2 aliphatic heterocycles. The number of hydrogen-bond acceptors (Lipinski definition) is 7. The summed E-state index contributed by atoms with van der Waals surface area (Å²) in [5, 5.41) is 11.0. The molecule has 1 aromatic carbocycles. The lowest BCUT2D eigenvalue weighted by Crippen LogP contribution is -2.69. The number of alkyl halides is 6. The zero-order valence-corrected chi connectivity index (χ0v) is 29.2. The van der Waals surface area contributed by atoms with Crippen LogP contribution in [0.1, 0.15) is 71.6 Å². The molecule has 4 heterocycles. The molecule has 0 aliphatic carbocycles. The molecule has 0 radical (unpaired) electrons. The Morgan fingerprint density at radius 2 is 1.83 bits per heavy atom. The molecule has 4 atom stereocenters. The third-order valence-corrected chi connectivity index (χ3v) is 10.4. The van der Waals surface area contributed by atoms with Crippen molar-refractivity contribution in [1.29, 1.82) is 0 Å². The number of aromatic nitrogens is 1. The molecular formula is C35H37F7N4O5S. The summed E-state index contributed by atoms with van der Waals surface area (Å²) < 4.78 is 104. The fourth-order valence-electron chi connectivity index (χ4n) is 7.06. The number of likely N-dealkylation sites (N-methyl/N-ethyl adjacent to an activating group) is 1. The summed E-state index contributed by atoms with van der Waals surface area (Å²) in [4.78, 5) is 48.5. The molecule has 1 N–H and O–H groups in total. The van der Waals surface area contributed by atoms with Crippen LogP contribution in [-0.2, 0) is 34.9 Å². The molecule has 282 valence electrons. The van der Waals surface area contributed by atoms with E-state index < -0.39 is 75.8 Å². The number of pyridine rings is 1. The quantitative estimate of drug-likeness (QED) is 0.256. The second kappa shape index (κ2) is 15.0. The second-order valence-corrected chi connectivity index (χ2v) is 13.9. The summed E-state index contributed by atoms with van der Waals surface area (Å²) >= 11 is 0.327. The number of ether oxygens (including phenoxy) is 1. The first-order valence-electron chi connectivity index (χ1n) is 16.6. The van der Waals surface area contributed by atoms with E-state index in [-0.39, 0.29) is 57.5 Å². The summed E-state index contributed by atoms with van der Waals surface area (Å²) in [5.74, 6) is -3.45. The van der Waals surface area contributed by atoms with Gasteiger partial charge in [0.25, 0.3) is 17.7 Å². The van der Waals surface area contributed by atoms with E-state index in [1.807, 2.05) is 0 Å². The Bertz CT molecular complexity index is 1800. The van der Waals surface area contributed by atoms with E-state index in [0.29, 0.717) is 28.5 Å². The second-order valence-electron chi connectivity index (χ2n) is 13.0. The lowest BCUT2D eigenvalue weighted by atomic mass is 9.78. The molecule has 0 spiro atoms. The van der Waals surface area contributed by atoms with E-state index >= 15 is 4.79 Å². The van der Waals surface area contributed by atoms with Gasteiger partial charge in [-0.15, -0.1) is 11.3 Å². The maximum absolute atomic E-state index is 15.3. The minimum atomic E-state index is -4.95. The van der Waals surface area contributed by atoms with Crippen LogP contribution in [-0.4, -0.2) is 86.4 Å². The predicted molar refractivity (Wildman–Crippen MR) is 175 cm³/mol. The molecule has 0 unspecified atom stereocenters. The molecule has 0 saturated carbocycles. The number of halogens is 7. The van der Waals surface area contributed by atoms with Crippen LogP contribution in [0, 0.1) is 5.82 Å². The number of carbonyl (C=O) groups is 3. The summed E-state index contributed by atoms with van der Waals surface area (Å²) in [6.45, 7) is 2.57. The standard InChI is InChI=1S/C35H37F7N4O5S/c1-4-7-27-33(51-25-16-28(52-19-25)35(40,41)42,11-6-13-45(27)31(49)29-26(34(37,38)39)8-5-12-43-29)32(50)46-17-21-9-10-23(36)14-22(21)15-24(46)18-44(3)30(48)20(2)47/h5,8-10,12,14,16,19-20,24,27,47H,4,6-7,11,13,15,17-18H2,1-3H3/t20-,24+,27-,33-/m1/s1. The number of benzene rings is 1.